The zero-order valence-corrected chi connectivity index (χ0v) is 21.5. The number of carboxylic acid groups (broad SMARTS) is 2. The number of anilines is 2. The second kappa shape index (κ2) is 9.57. The quantitative estimate of drug-likeness (QED) is 0.331. The molecule has 8 nitrogen and oxygen atoms in total. The molecule has 4 N–H and O–H groups in total. The molecule has 0 aliphatic heterocycles. The summed E-state index contributed by atoms with van der Waals surface area (Å²) in [5.74, 6) is -2.37. The largest absolute Gasteiger partial charge is 0.481 e. The average Bonchev–Trinajstić information content (AvgIpc) is 3.71. The lowest BCUT2D eigenvalue weighted by Gasteiger charge is -2.45. The van der Waals surface area contributed by atoms with Crippen LogP contribution in [0.1, 0.15) is 24.0 Å². The maximum atomic E-state index is 13.5. The molecule has 0 aromatic heterocycles. The van der Waals surface area contributed by atoms with Crippen LogP contribution in [-0.4, -0.2) is 34.0 Å². The number of carboxylic acids is 2. The van der Waals surface area contributed by atoms with Gasteiger partial charge in [-0.25, -0.2) is 0 Å². The van der Waals surface area contributed by atoms with Crippen molar-refractivity contribution in [2.75, 3.05) is 10.6 Å². The van der Waals surface area contributed by atoms with Crippen molar-refractivity contribution in [3.05, 3.63) is 59.7 Å². The Balaban J connectivity index is 1.27. The molecule has 4 fully saturated rings. The van der Waals surface area contributed by atoms with E-state index in [0.717, 1.165) is 0 Å². The molecule has 202 valence electrons. The Morgan fingerprint density at radius 1 is 0.600 bits per heavy atom. The highest BCUT2D eigenvalue weighted by molar-refractivity contribution is 5.97. The van der Waals surface area contributed by atoms with Gasteiger partial charge in [-0.05, 0) is 96.9 Å². The van der Waals surface area contributed by atoms with Crippen LogP contribution in [0, 0.1) is 83.9 Å². The van der Waals surface area contributed by atoms with Crippen molar-refractivity contribution in [3.8, 4) is 24.7 Å². The highest BCUT2D eigenvalue weighted by atomic mass is 16.4. The van der Waals surface area contributed by atoms with Crippen LogP contribution in [0.25, 0.3) is 0 Å². The first kappa shape index (κ1) is 25.7. The number of nitrogens with one attached hydrogen (secondary N) is 2. The summed E-state index contributed by atoms with van der Waals surface area (Å²) in [6, 6.07) is 13.5. The van der Waals surface area contributed by atoms with Gasteiger partial charge in [-0.3, -0.25) is 19.2 Å². The summed E-state index contributed by atoms with van der Waals surface area (Å²) in [5, 5.41) is 26.1. The number of benzene rings is 2. The second-order valence-electron chi connectivity index (χ2n) is 11.5. The molecule has 8 unspecified atom stereocenters. The Morgan fingerprint density at radius 3 is 1.23 bits per heavy atom. The number of aliphatic carboxylic acids is 2. The van der Waals surface area contributed by atoms with E-state index in [1.165, 1.54) is 0 Å². The van der Waals surface area contributed by atoms with Crippen molar-refractivity contribution in [2.24, 2.45) is 59.2 Å². The number of rotatable bonds is 6. The van der Waals surface area contributed by atoms with Crippen LogP contribution in [0.4, 0.5) is 11.4 Å². The minimum absolute atomic E-state index is 0.0830. The highest BCUT2D eigenvalue weighted by Crippen LogP contribution is 2.73. The van der Waals surface area contributed by atoms with E-state index in [4.69, 9.17) is 12.8 Å². The molecule has 0 saturated heterocycles. The first-order chi connectivity index (χ1) is 19.2. The normalized spacial score (nSPS) is 34.4. The molecule has 6 rings (SSSR count). The molecular weight excluding hydrogens is 508 g/mol. The van der Waals surface area contributed by atoms with Gasteiger partial charge in [-0.2, -0.15) is 0 Å². The third-order valence-electron chi connectivity index (χ3n) is 9.94. The Morgan fingerprint density at radius 2 is 0.925 bits per heavy atom. The number of carbonyl (C=O) groups is 4. The SMILES string of the molecule is C#Cc1ccc(NC(=O)C2C3CC(C2C(=O)O)C2C4CC(C(C(=O)Nc5ccc(C#C)cc5)C4C(=O)O)C32)cc1. The van der Waals surface area contributed by atoms with Crippen LogP contribution >= 0.6 is 0 Å². The molecule has 8 heteroatoms. The fourth-order valence-corrected chi connectivity index (χ4v) is 8.78. The summed E-state index contributed by atoms with van der Waals surface area (Å²) >= 11 is 0. The molecule has 0 radical (unpaired) electrons. The minimum atomic E-state index is -1.03. The summed E-state index contributed by atoms with van der Waals surface area (Å²) in [6.45, 7) is 0. The summed E-state index contributed by atoms with van der Waals surface area (Å²) < 4.78 is 0. The molecule has 4 aliphatic rings. The number of hydrogen-bond acceptors (Lipinski definition) is 4. The topological polar surface area (TPSA) is 133 Å². The van der Waals surface area contributed by atoms with E-state index in [1.807, 2.05) is 0 Å². The lowest BCUT2D eigenvalue weighted by molar-refractivity contribution is -0.157. The van der Waals surface area contributed by atoms with Gasteiger partial charge >= 0.3 is 11.9 Å². The molecule has 8 atom stereocenters. The van der Waals surface area contributed by atoms with E-state index < -0.39 is 35.6 Å². The van der Waals surface area contributed by atoms with Crippen molar-refractivity contribution in [1.82, 2.24) is 0 Å². The lowest BCUT2D eigenvalue weighted by Crippen LogP contribution is -2.51. The van der Waals surface area contributed by atoms with Crippen LogP contribution in [0.5, 0.6) is 0 Å². The predicted octanol–water partition coefficient (Wildman–Crippen LogP) is 3.39. The smallest absolute Gasteiger partial charge is 0.307 e. The van der Waals surface area contributed by atoms with E-state index in [9.17, 15) is 29.4 Å². The van der Waals surface area contributed by atoms with Gasteiger partial charge in [0.1, 0.15) is 0 Å². The van der Waals surface area contributed by atoms with Gasteiger partial charge in [0.2, 0.25) is 11.8 Å². The van der Waals surface area contributed by atoms with Crippen molar-refractivity contribution in [3.63, 3.8) is 0 Å². The lowest BCUT2D eigenvalue weighted by atomic mass is 9.58. The fourth-order valence-electron chi connectivity index (χ4n) is 8.78. The van der Waals surface area contributed by atoms with Crippen LogP contribution in [0.2, 0.25) is 0 Å². The first-order valence-corrected chi connectivity index (χ1v) is 13.4. The number of fused-ring (bicyclic) bond motifs is 9. The second-order valence-corrected chi connectivity index (χ2v) is 11.5. The van der Waals surface area contributed by atoms with Crippen LogP contribution in [0.3, 0.4) is 0 Å². The van der Waals surface area contributed by atoms with E-state index >= 15 is 0 Å². The van der Waals surface area contributed by atoms with E-state index in [1.54, 1.807) is 48.5 Å². The van der Waals surface area contributed by atoms with Gasteiger partial charge in [-0.15, -0.1) is 12.8 Å². The minimum Gasteiger partial charge on any atom is -0.481 e. The molecule has 4 saturated carbocycles. The fraction of sp³-hybridized carbons (Fsp3) is 0.375. The van der Waals surface area contributed by atoms with E-state index in [2.05, 4.69) is 22.5 Å². The van der Waals surface area contributed by atoms with Gasteiger partial charge in [0, 0.05) is 22.5 Å². The molecule has 0 heterocycles. The number of terminal acetylenes is 2. The molecule has 2 amide bonds. The maximum Gasteiger partial charge on any atom is 0.307 e. The maximum absolute atomic E-state index is 13.5. The highest BCUT2D eigenvalue weighted by Gasteiger charge is 2.73. The van der Waals surface area contributed by atoms with Gasteiger partial charge in [0.15, 0.2) is 0 Å². The zero-order chi connectivity index (χ0) is 28.3. The molecule has 4 bridgehead atoms. The summed E-state index contributed by atoms with van der Waals surface area (Å²) in [6.07, 6.45) is 11.9. The van der Waals surface area contributed by atoms with Crippen LogP contribution in [-0.2, 0) is 19.2 Å². The Labute approximate surface area is 231 Å². The monoisotopic (exact) mass is 536 g/mol. The molecular formula is C32H28N2O6. The third kappa shape index (κ3) is 3.86. The van der Waals surface area contributed by atoms with E-state index in [-0.39, 0.29) is 47.3 Å². The zero-order valence-electron chi connectivity index (χ0n) is 21.5. The standard InChI is InChI=1S/C32H28N2O6/c1-3-15-5-9-17(10-6-15)33-29(35)25-19-13-21(27(25)31(37)38)24-22-14-20(23(19)24)26(28(22)32(39)40)30(36)34-18-11-7-16(4-2)8-12-18/h1-2,5-12,19-28H,13-14H2,(H,33,35)(H,34,36)(H,37,38)(H,39,40). The van der Waals surface area contributed by atoms with Crippen LogP contribution < -0.4 is 10.6 Å². The van der Waals surface area contributed by atoms with Gasteiger partial charge in [0.25, 0.3) is 0 Å². The summed E-state index contributed by atoms with van der Waals surface area (Å²) in [5.41, 5.74) is 2.38. The third-order valence-corrected chi connectivity index (χ3v) is 9.94. The summed E-state index contributed by atoms with van der Waals surface area (Å²) in [7, 11) is 0. The van der Waals surface area contributed by atoms with E-state index in [0.29, 0.717) is 35.3 Å². The predicted molar refractivity (Wildman–Crippen MR) is 145 cm³/mol. The Kier molecular flexibility index (Phi) is 6.15. The molecule has 2 aromatic carbocycles. The molecule has 2 aromatic rings. The summed E-state index contributed by atoms with van der Waals surface area (Å²) in [4.78, 5) is 52.1. The number of amides is 2. The Hall–Kier alpha value is -4.56. The van der Waals surface area contributed by atoms with Crippen molar-refractivity contribution in [2.45, 2.75) is 12.8 Å². The van der Waals surface area contributed by atoms with Crippen molar-refractivity contribution >= 4 is 35.1 Å². The number of hydrogen-bond donors (Lipinski definition) is 4. The number of carbonyl (C=O) groups excluding carboxylic acids is 2. The molecule has 40 heavy (non-hydrogen) atoms. The van der Waals surface area contributed by atoms with Crippen LogP contribution in [0.15, 0.2) is 48.5 Å². The van der Waals surface area contributed by atoms with Gasteiger partial charge < -0.3 is 20.8 Å². The van der Waals surface area contributed by atoms with Gasteiger partial charge in [0.05, 0.1) is 23.7 Å². The van der Waals surface area contributed by atoms with Crippen molar-refractivity contribution in [1.29, 1.82) is 0 Å². The van der Waals surface area contributed by atoms with Crippen molar-refractivity contribution < 1.29 is 29.4 Å². The first-order valence-electron chi connectivity index (χ1n) is 13.4. The Bertz CT molecular complexity index is 1370. The van der Waals surface area contributed by atoms with Gasteiger partial charge in [-0.1, -0.05) is 11.8 Å². The molecule has 0 spiro atoms. The average molecular weight is 537 g/mol. The molecule has 4 aliphatic carbocycles.